The van der Waals surface area contributed by atoms with Crippen molar-refractivity contribution in [1.82, 2.24) is 9.38 Å². The molecule has 0 saturated heterocycles. The lowest BCUT2D eigenvalue weighted by molar-refractivity contribution is 0.409. The van der Waals surface area contributed by atoms with E-state index in [0.29, 0.717) is 0 Å². The van der Waals surface area contributed by atoms with Crippen molar-refractivity contribution in [3.8, 4) is 5.75 Å². The zero-order chi connectivity index (χ0) is 13.9. The molecular weight excluding hydrogens is 316 g/mol. The molecule has 4 heteroatoms. The van der Waals surface area contributed by atoms with Crippen molar-refractivity contribution in [3.05, 3.63) is 64.7 Å². The SMILES string of the molecule is COc1ccccc1CCc1ncc2ccc(Br)cn12. The van der Waals surface area contributed by atoms with Crippen molar-refractivity contribution < 1.29 is 4.74 Å². The van der Waals surface area contributed by atoms with Crippen molar-refractivity contribution in [1.29, 1.82) is 0 Å². The zero-order valence-electron chi connectivity index (χ0n) is 11.2. The van der Waals surface area contributed by atoms with Crippen molar-refractivity contribution >= 4 is 21.4 Å². The molecule has 0 spiro atoms. The molecule has 2 aromatic heterocycles. The second kappa shape index (κ2) is 5.67. The average molecular weight is 331 g/mol. The van der Waals surface area contributed by atoms with Gasteiger partial charge in [-0.1, -0.05) is 18.2 Å². The van der Waals surface area contributed by atoms with Crippen LogP contribution in [0.15, 0.2) is 53.3 Å². The number of nitrogens with zero attached hydrogens (tertiary/aromatic N) is 2. The first-order chi connectivity index (χ1) is 9.78. The van der Waals surface area contributed by atoms with Gasteiger partial charge in [-0.3, -0.25) is 0 Å². The normalized spacial score (nSPS) is 10.9. The first-order valence-corrected chi connectivity index (χ1v) is 7.30. The highest BCUT2D eigenvalue weighted by atomic mass is 79.9. The Kier molecular flexibility index (Phi) is 3.74. The third kappa shape index (κ3) is 2.56. The van der Waals surface area contributed by atoms with Crippen LogP contribution in [-0.4, -0.2) is 16.5 Å². The predicted octanol–water partition coefficient (Wildman–Crippen LogP) is 3.89. The fourth-order valence-corrected chi connectivity index (χ4v) is 2.70. The van der Waals surface area contributed by atoms with Gasteiger partial charge in [-0.15, -0.1) is 0 Å². The molecule has 0 fully saturated rings. The van der Waals surface area contributed by atoms with Crippen molar-refractivity contribution in [2.45, 2.75) is 12.8 Å². The quantitative estimate of drug-likeness (QED) is 0.725. The smallest absolute Gasteiger partial charge is 0.122 e. The molecule has 0 bridgehead atoms. The summed E-state index contributed by atoms with van der Waals surface area (Å²) in [6.45, 7) is 0. The van der Waals surface area contributed by atoms with Crippen molar-refractivity contribution in [2.24, 2.45) is 0 Å². The Morgan fingerprint density at radius 1 is 1.15 bits per heavy atom. The molecule has 0 aliphatic rings. The Morgan fingerprint density at radius 3 is 2.85 bits per heavy atom. The fraction of sp³-hybridized carbons (Fsp3) is 0.188. The number of ether oxygens (including phenoxy) is 1. The second-order valence-electron chi connectivity index (χ2n) is 4.63. The Balaban J connectivity index is 1.85. The van der Waals surface area contributed by atoms with E-state index >= 15 is 0 Å². The van der Waals surface area contributed by atoms with E-state index in [-0.39, 0.29) is 0 Å². The van der Waals surface area contributed by atoms with Crippen LogP contribution in [0.2, 0.25) is 0 Å². The molecule has 20 heavy (non-hydrogen) atoms. The highest BCUT2D eigenvalue weighted by molar-refractivity contribution is 9.10. The minimum absolute atomic E-state index is 0.880. The number of hydrogen-bond acceptors (Lipinski definition) is 2. The fourth-order valence-electron chi connectivity index (χ4n) is 2.36. The summed E-state index contributed by atoms with van der Waals surface area (Å²) in [6, 6.07) is 12.2. The van der Waals surface area contributed by atoms with Crippen LogP contribution in [0.25, 0.3) is 5.52 Å². The molecule has 3 rings (SSSR count). The van der Waals surface area contributed by atoms with Gasteiger partial charge in [0.05, 0.1) is 18.8 Å². The second-order valence-corrected chi connectivity index (χ2v) is 5.54. The van der Waals surface area contributed by atoms with Gasteiger partial charge in [0.2, 0.25) is 0 Å². The summed E-state index contributed by atoms with van der Waals surface area (Å²) in [4.78, 5) is 4.51. The molecule has 0 atom stereocenters. The van der Waals surface area contributed by atoms with Crippen LogP contribution < -0.4 is 4.74 Å². The zero-order valence-corrected chi connectivity index (χ0v) is 12.8. The van der Waals surface area contributed by atoms with Crippen LogP contribution in [0, 0.1) is 0 Å². The number of hydrogen-bond donors (Lipinski definition) is 0. The molecule has 3 aromatic rings. The summed E-state index contributed by atoms with van der Waals surface area (Å²) in [5.41, 5.74) is 2.32. The standard InChI is InChI=1S/C16H15BrN2O/c1-20-15-5-3-2-4-12(15)6-9-16-18-10-14-8-7-13(17)11-19(14)16/h2-5,7-8,10-11H,6,9H2,1H3. The lowest BCUT2D eigenvalue weighted by Gasteiger charge is -2.07. The van der Waals surface area contributed by atoms with E-state index in [2.05, 4.69) is 43.6 Å². The van der Waals surface area contributed by atoms with E-state index in [9.17, 15) is 0 Å². The predicted molar refractivity (Wildman–Crippen MR) is 83.3 cm³/mol. The maximum atomic E-state index is 5.39. The van der Waals surface area contributed by atoms with Gasteiger partial charge in [0.1, 0.15) is 11.6 Å². The molecule has 0 radical (unpaired) electrons. The molecule has 0 aliphatic heterocycles. The summed E-state index contributed by atoms with van der Waals surface area (Å²) >= 11 is 3.50. The van der Waals surface area contributed by atoms with Gasteiger partial charge in [0.25, 0.3) is 0 Å². The van der Waals surface area contributed by atoms with Crippen LogP contribution in [-0.2, 0) is 12.8 Å². The van der Waals surface area contributed by atoms with E-state index < -0.39 is 0 Å². The molecule has 102 valence electrons. The Bertz CT molecular complexity index is 736. The number of para-hydroxylation sites is 1. The van der Waals surface area contributed by atoms with Crippen LogP contribution in [0.5, 0.6) is 5.75 Å². The van der Waals surface area contributed by atoms with Crippen molar-refractivity contribution in [3.63, 3.8) is 0 Å². The molecule has 0 amide bonds. The average Bonchev–Trinajstić information content (AvgIpc) is 2.87. The van der Waals surface area contributed by atoms with Gasteiger partial charge in [0.15, 0.2) is 0 Å². The van der Waals surface area contributed by atoms with E-state index in [1.807, 2.05) is 30.5 Å². The molecule has 0 saturated carbocycles. The molecule has 2 heterocycles. The summed E-state index contributed by atoms with van der Waals surface area (Å²) in [6.07, 6.45) is 5.75. The Labute approximate surface area is 126 Å². The van der Waals surface area contributed by atoms with E-state index in [1.165, 1.54) is 5.56 Å². The summed E-state index contributed by atoms with van der Waals surface area (Å²) in [7, 11) is 1.71. The molecule has 0 N–H and O–H groups in total. The number of imidazole rings is 1. The number of aromatic nitrogens is 2. The summed E-state index contributed by atoms with van der Waals surface area (Å²) in [5, 5.41) is 0. The van der Waals surface area contributed by atoms with Crippen LogP contribution >= 0.6 is 15.9 Å². The molecule has 3 nitrogen and oxygen atoms in total. The van der Waals surface area contributed by atoms with E-state index in [0.717, 1.165) is 34.4 Å². The van der Waals surface area contributed by atoms with Gasteiger partial charge in [-0.05, 0) is 46.1 Å². The van der Waals surface area contributed by atoms with E-state index in [4.69, 9.17) is 4.74 Å². The van der Waals surface area contributed by atoms with Crippen molar-refractivity contribution in [2.75, 3.05) is 7.11 Å². The largest absolute Gasteiger partial charge is 0.496 e. The van der Waals surface area contributed by atoms with E-state index in [1.54, 1.807) is 7.11 Å². The van der Waals surface area contributed by atoms with Crippen LogP contribution in [0.1, 0.15) is 11.4 Å². The Morgan fingerprint density at radius 2 is 2.00 bits per heavy atom. The maximum absolute atomic E-state index is 5.39. The number of methoxy groups -OCH3 is 1. The van der Waals surface area contributed by atoms with Gasteiger partial charge < -0.3 is 9.14 Å². The molecular formula is C16H15BrN2O. The third-order valence-electron chi connectivity index (χ3n) is 3.38. The van der Waals surface area contributed by atoms with Gasteiger partial charge in [-0.2, -0.15) is 0 Å². The third-order valence-corrected chi connectivity index (χ3v) is 3.85. The van der Waals surface area contributed by atoms with Gasteiger partial charge in [0, 0.05) is 17.1 Å². The number of rotatable bonds is 4. The summed E-state index contributed by atoms with van der Waals surface area (Å²) < 4.78 is 8.57. The van der Waals surface area contributed by atoms with Crippen LogP contribution in [0.3, 0.4) is 0 Å². The number of aryl methyl sites for hydroxylation is 2. The monoisotopic (exact) mass is 330 g/mol. The molecule has 0 aliphatic carbocycles. The summed E-state index contributed by atoms with van der Waals surface area (Å²) in [5.74, 6) is 2.00. The minimum atomic E-state index is 0.880. The first kappa shape index (κ1) is 13.2. The Hall–Kier alpha value is -1.81. The number of pyridine rings is 1. The van der Waals surface area contributed by atoms with Crippen LogP contribution in [0.4, 0.5) is 0 Å². The highest BCUT2D eigenvalue weighted by Crippen LogP contribution is 2.20. The number of halogens is 1. The minimum Gasteiger partial charge on any atom is -0.496 e. The lowest BCUT2D eigenvalue weighted by Crippen LogP contribution is -1.99. The number of benzene rings is 1. The lowest BCUT2D eigenvalue weighted by atomic mass is 10.1. The first-order valence-electron chi connectivity index (χ1n) is 6.51. The molecule has 0 unspecified atom stereocenters. The molecule has 1 aromatic carbocycles. The maximum Gasteiger partial charge on any atom is 0.122 e. The highest BCUT2D eigenvalue weighted by Gasteiger charge is 2.07. The topological polar surface area (TPSA) is 26.5 Å². The van der Waals surface area contributed by atoms with Gasteiger partial charge >= 0.3 is 0 Å². The van der Waals surface area contributed by atoms with Gasteiger partial charge in [-0.25, -0.2) is 4.98 Å². The number of fused-ring (bicyclic) bond motifs is 1.